The molecule has 0 spiro atoms. The molecule has 2 aromatic rings. The summed E-state index contributed by atoms with van der Waals surface area (Å²) in [5.74, 6) is 0.846. The number of carbonyl (C=O) groups is 1. The highest BCUT2D eigenvalue weighted by atomic mass is 16.5. The molecule has 1 aromatic carbocycles. The number of anilines is 1. The smallest absolute Gasteiger partial charge is 0.320 e. The molecule has 3 rings (SSSR count). The molecule has 120 valence electrons. The molecule has 2 amide bonds. The number of aryl methyl sites for hydroxylation is 1. The lowest BCUT2D eigenvalue weighted by Crippen LogP contribution is -2.34. The van der Waals surface area contributed by atoms with Gasteiger partial charge in [0.1, 0.15) is 5.82 Å². The van der Waals surface area contributed by atoms with Gasteiger partial charge in [0.2, 0.25) is 0 Å². The Morgan fingerprint density at radius 2 is 2.04 bits per heavy atom. The van der Waals surface area contributed by atoms with Crippen LogP contribution in [0.15, 0.2) is 48.5 Å². The number of ether oxygens (including phenoxy) is 1. The number of aromatic nitrogens is 1. The zero-order chi connectivity index (χ0) is 16.1. The Morgan fingerprint density at radius 3 is 2.83 bits per heavy atom. The maximum absolute atomic E-state index is 12.0. The minimum Gasteiger partial charge on any atom is -0.373 e. The zero-order valence-electron chi connectivity index (χ0n) is 13.2. The Balaban J connectivity index is 1.54. The van der Waals surface area contributed by atoms with E-state index in [-0.39, 0.29) is 18.1 Å². The van der Waals surface area contributed by atoms with Crippen LogP contribution >= 0.6 is 0 Å². The summed E-state index contributed by atoms with van der Waals surface area (Å²) in [4.78, 5) is 16.3. The van der Waals surface area contributed by atoms with Gasteiger partial charge < -0.3 is 10.1 Å². The van der Waals surface area contributed by atoms with Crippen LogP contribution in [0.5, 0.6) is 0 Å². The summed E-state index contributed by atoms with van der Waals surface area (Å²) in [6, 6.07) is 15.5. The summed E-state index contributed by atoms with van der Waals surface area (Å²) in [6.07, 6.45) is 0.997. The first kappa shape index (κ1) is 15.5. The summed E-state index contributed by atoms with van der Waals surface area (Å²) in [6.45, 7) is 3.20. The molecule has 0 unspecified atom stereocenters. The average molecular weight is 311 g/mol. The molecule has 2 N–H and O–H groups in total. The molecule has 1 aromatic heterocycles. The molecule has 2 heterocycles. The van der Waals surface area contributed by atoms with E-state index in [1.807, 2.05) is 37.3 Å². The number of hydrogen-bond acceptors (Lipinski definition) is 3. The first-order chi connectivity index (χ1) is 11.2. The zero-order valence-corrected chi connectivity index (χ0v) is 13.2. The average Bonchev–Trinajstić information content (AvgIpc) is 3.02. The molecule has 0 saturated carbocycles. The predicted octanol–water partition coefficient (Wildman–Crippen LogP) is 3.29. The van der Waals surface area contributed by atoms with Gasteiger partial charge in [-0.2, -0.15) is 0 Å². The number of rotatable bonds is 4. The second-order valence-electron chi connectivity index (χ2n) is 5.75. The van der Waals surface area contributed by atoms with E-state index in [0.717, 1.165) is 24.3 Å². The van der Waals surface area contributed by atoms with Gasteiger partial charge in [0.05, 0.1) is 6.10 Å². The number of amides is 2. The fourth-order valence-electron chi connectivity index (χ4n) is 2.85. The predicted molar refractivity (Wildman–Crippen MR) is 89.2 cm³/mol. The number of nitrogens with one attached hydrogen (secondary N) is 2. The minimum atomic E-state index is -0.234. The van der Waals surface area contributed by atoms with Crippen LogP contribution in [-0.2, 0) is 4.74 Å². The van der Waals surface area contributed by atoms with E-state index in [1.54, 1.807) is 6.07 Å². The third-order valence-corrected chi connectivity index (χ3v) is 4.00. The van der Waals surface area contributed by atoms with Gasteiger partial charge in [0.15, 0.2) is 0 Å². The lowest BCUT2D eigenvalue weighted by atomic mass is 9.95. The fourth-order valence-corrected chi connectivity index (χ4v) is 2.85. The highest BCUT2D eigenvalue weighted by Crippen LogP contribution is 2.33. The molecule has 23 heavy (non-hydrogen) atoms. The molecule has 0 aliphatic carbocycles. The quantitative estimate of drug-likeness (QED) is 0.910. The van der Waals surface area contributed by atoms with Gasteiger partial charge in [-0.25, -0.2) is 9.78 Å². The molecule has 5 nitrogen and oxygen atoms in total. The third-order valence-electron chi connectivity index (χ3n) is 4.00. The van der Waals surface area contributed by atoms with E-state index >= 15 is 0 Å². The number of carbonyl (C=O) groups excluding carboxylic acids is 1. The van der Waals surface area contributed by atoms with E-state index in [9.17, 15) is 4.79 Å². The van der Waals surface area contributed by atoms with Gasteiger partial charge in [0.25, 0.3) is 0 Å². The highest BCUT2D eigenvalue weighted by Gasteiger charge is 2.29. The topological polar surface area (TPSA) is 63.2 Å². The Hall–Kier alpha value is -2.40. The maximum Gasteiger partial charge on any atom is 0.320 e. The van der Waals surface area contributed by atoms with Crippen molar-refractivity contribution in [3.63, 3.8) is 0 Å². The van der Waals surface area contributed by atoms with Crippen molar-refractivity contribution in [1.82, 2.24) is 10.3 Å². The van der Waals surface area contributed by atoms with Crippen LogP contribution in [-0.4, -0.2) is 24.2 Å². The van der Waals surface area contributed by atoms with Crippen molar-refractivity contribution in [3.05, 3.63) is 59.8 Å². The van der Waals surface area contributed by atoms with Gasteiger partial charge in [-0.3, -0.25) is 5.32 Å². The van der Waals surface area contributed by atoms with Gasteiger partial charge in [-0.1, -0.05) is 36.4 Å². The molecule has 0 bridgehead atoms. The van der Waals surface area contributed by atoms with Crippen molar-refractivity contribution in [2.45, 2.75) is 19.4 Å². The van der Waals surface area contributed by atoms with Gasteiger partial charge in [-0.05, 0) is 31.0 Å². The second kappa shape index (κ2) is 7.24. The molecule has 1 aliphatic heterocycles. The maximum atomic E-state index is 12.0. The monoisotopic (exact) mass is 311 g/mol. The molecule has 2 atom stereocenters. The molecule has 5 heteroatoms. The Bertz CT molecular complexity index is 660. The van der Waals surface area contributed by atoms with Gasteiger partial charge in [-0.15, -0.1) is 0 Å². The van der Waals surface area contributed by atoms with Crippen LogP contribution < -0.4 is 10.6 Å². The van der Waals surface area contributed by atoms with Gasteiger partial charge >= 0.3 is 6.03 Å². The standard InChI is InChI=1S/C18H21N3O2/c1-13-6-5-9-16(20-13)21-18(22)19-12-15-10-11-23-17(15)14-7-3-2-4-8-14/h2-9,15,17H,10-12H2,1H3,(H2,19,20,21,22)/t15-,17-/m0/s1. The lowest BCUT2D eigenvalue weighted by Gasteiger charge is -2.19. The highest BCUT2D eigenvalue weighted by molar-refractivity contribution is 5.88. The number of benzene rings is 1. The summed E-state index contributed by atoms with van der Waals surface area (Å²) in [5, 5.41) is 5.68. The molecule has 1 fully saturated rings. The van der Waals surface area contributed by atoms with E-state index in [4.69, 9.17) is 4.74 Å². The Morgan fingerprint density at radius 1 is 1.22 bits per heavy atom. The molecule has 1 saturated heterocycles. The number of nitrogens with zero attached hydrogens (tertiary/aromatic N) is 1. The number of hydrogen-bond donors (Lipinski definition) is 2. The molecular formula is C18H21N3O2. The largest absolute Gasteiger partial charge is 0.373 e. The van der Waals surface area contributed by atoms with Crippen LogP contribution in [0.3, 0.4) is 0 Å². The summed E-state index contributed by atoms with van der Waals surface area (Å²) < 4.78 is 5.83. The van der Waals surface area contributed by atoms with Crippen molar-refractivity contribution >= 4 is 11.8 Å². The Labute approximate surface area is 136 Å². The molecule has 0 radical (unpaired) electrons. The van der Waals surface area contributed by atoms with E-state index < -0.39 is 0 Å². The first-order valence-electron chi connectivity index (χ1n) is 7.87. The van der Waals surface area contributed by atoms with Crippen molar-refractivity contribution < 1.29 is 9.53 Å². The first-order valence-corrected chi connectivity index (χ1v) is 7.87. The summed E-state index contributed by atoms with van der Waals surface area (Å²) in [7, 11) is 0. The number of urea groups is 1. The van der Waals surface area contributed by atoms with Crippen LogP contribution in [0.1, 0.15) is 23.8 Å². The fraction of sp³-hybridized carbons (Fsp3) is 0.333. The van der Waals surface area contributed by atoms with Crippen molar-refractivity contribution in [2.24, 2.45) is 5.92 Å². The van der Waals surface area contributed by atoms with Crippen LogP contribution in [0.2, 0.25) is 0 Å². The van der Waals surface area contributed by atoms with E-state index in [0.29, 0.717) is 12.4 Å². The van der Waals surface area contributed by atoms with Crippen molar-refractivity contribution in [3.8, 4) is 0 Å². The van der Waals surface area contributed by atoms with Crippen LogP contribution in [0.25, 0.3) is 0 Å². The van der Waals surface area contributed by atoms with Crippen molar-refractivity contribution in [1.29, 1.82) is 0 Å². The SMILES string of the molecule is Cc1cccc(NC(=O)NC[C@@H]2CCO[C@H]2c2ccccc2)n1. The van der Waals surface area contributed by atoms with Crippen LogP contribution in [0.4, 0.5) is 10.6 Å². The lowest BCUT2D eigenvalue weighted by molar-refractivity contribution is 0.0911. The number of pyridine rings is 1. The third kappa shape index (κ3) is 4.07. The minimum absolute atomic E-state index is 0.0496. The normalized spacial score (nSPS) is 20.2. The summed E-state index contributed by atoms with van der Waals surface area (Å²) >= 11 is 0. The van der Waals surface area contributed by atoms with E-state index in [1.165, 1.54) is 0 Å². The van der Waals surface area contributed by atoms with Crippen molar-refractivity contribution in [2.75, 3.05) is 18.5 Å². The Kier molecular flexibility index (Phi) is 4.88. The molecule has 1 aliphatic rings. The summed E-state index contributed by atoms with van der Waals surface area (Å²) in [5.41, 5.74) is 2.04. The second-order valence-corrected chi connectivity index (χ2v) is 5.75. The van der Waals surface area contributed by atoms with Crippen LogP contribution in [0, 0.1) is 12.8 Å². The molecular weight excluding hydrogens is 290 g/mol. The van der Waals surface area contributed by atoms with Gasteiger partial charge in [0, 0.05) is 24.8 Å². The van der Waals surface area contributed by atoms with E-state index in [2.05, 4.69) is 27.8 Å².